The van der Waals surface area contributed by atoms with Crippen molar-refractivity contribution >= 4 is 0 Å². The van der Waals surface area contributed by atoms with Crippen LogP contribution in [-0.4, -0.2) is 4.98 Å². The van der Waals surface area contributed by atoms with Gasteiger partial charge in [-0.3, -0.25) is 0 Å². The van der Waals surface area contributed by atoms with Gasteiger partial charge >= 0.3 is 0 Å². The normalized spacial score (nSPS) is 8.44. The Morgan fingerprint density at radius 2 is 2.44 bits per heavy atom. The molecule has 0 bridgehead atoms. The lowest BCUT2D eigenvalue weighted by molar-refractivity contribution is 1.27. The van der Waals surface area contributed by atoms with Gasteiger partial charge < -0.3 is 0 Å². The van der Waals surface area contributed by atoms with E-state index in [1.165, 1.54) is 0 Å². The summed E-state index contributed by atoms with van der Waals surface area (Å²) in [4.78, 5) is 3.88. The van der Waals surface area contributed by atoms with E-state index < -0.39 is 0 Å². The van der Waals surface area contributed by atoms with E-state index in [1.807, 2.05) is 0 Å². The molecule has 0 spiro atoms. The smallest absolute Gasteiger partial charge is 0.113 e. The summed E-state index contributed by atoms with van der Waals surface area (Å²) < 4.78 is 0. The summed E-state index contributed by atoms with van der Waals surface area (Å²) in [6, 6.07) is 3.57. The SMILES string of the molecule is C#Cc1cc([CH2])ccn1. The Morgan fingerprint density at radius 1 is 1.67 bits per heavy atom. The van der Waals surface area contributed by atoms with E-state index in [0.717, 1.165) is 5.56 Å². The molecule has 1 nitrogen and oxygen atoms in total. The van der Waals surface area contributed by atoms with Crippen LogP contribution in [0.3, 0.4) is 0 Å². The lowest BCUT2D eigenvalue weighted by atomic mass is 10.2. The van der Waals surface area contributed by atoms with Crippen LogP contribution in [0, 0.1) is 19.3 Å². The predicted octanol–water partition coefficient (Wildman–Crippen LogP) is 1.25. The summed E-state index contributed by atoms with van der Waals surface area (Å²) in [5.74, 6) is 2.42. The van der Waals surface area contributed by atoms with Gasteiger partial charge in [0.1, 0.15) is 5.69 Å². The first-order valence-electron chi connectivity index (χ1n) is 2.57. The third-order valence-electron chi connectivity index (χ3n) is 0.972. The molecular weight excluding hydrogens is 110 g/mol. The fourth-order valence-corrected chi connectivity index (χ4v) is 0.553. The lowest BCUT2D eigenvalue weighted by Crippen LogP contribution is -1.80. The van der Waals surface area contributed by atoms with Crippen LogP contribution in [0.1, 0.15) is 11.3 Å². The zero-order valence-corrected chi connectivity index (χ0v) is 4.96. The number of aromatic nitrogens is 1. The topological polar surface area (TPSA) is 12.9 Å². The highest BCUT2D eigenvalue weighted by Gasteiger charge is 1.85. The van der Waals surface area contributed by atoms with Gasteiger partial charge in [-0.1, -0.05) is 5.92 Å². The van der Waals surface area contributed by atoms with Crippen molar-refractivity contribution in [3.05, 3.63) is 36.5 Å². The molecule has 0 aliphatic rings. The molecule has 0 N–H and O–H groups in total. The summed E-state index contributed by atoms with van der Waals surface area (Å²) in [5, 5.41) is 0. The average Bonchev–Trinajstić information content (AvgIpc) is 1.88. The molecule has 0 saturated carbocycles. The van der Waals surface area contributed by atoms with Gasteiger partial charge in [-0.05, 0) is 24.6 Å². The number of terminal acetylenes is 1. The van der Waals surface area contributed by atoms with E-state index in [0.29, 0.717) is 5.69 Å². The molecular formula is C8H6N. The molecule has 1 aromatic rings. The Bertz CT molecular complexity index is 245. The molecule has 1 heteroatoms. The van der Waals surface area contributed by atoms with Crippen molar-refractivity contribution in [3.8, 4) is 12.3 Å². The fraction of sp³-hybridized carbons (Fsp3) is 0. The predicted molar refractivity (Wildman–Crippen MR) is 36.6 cm³/mol. The Kier molecular flexibility index (Phi) is 1.51. The van der Waals surface area contributed by atoms with Crippen molar-refractivity contribution in [3.63, 3.8) is 0 Å². The summed E-state index contributed by atoms with van der Waals surface area (Å²) in [6.45, 7) is 3.69. The van der Waals surface area contributed by atoms with Gasteiger partial charge in [0, 0.05) is 6.20 Å². The molecule has 1 aromatic heterocycles. The van der Waals surface area contributed by atoms with Crippen molar-refractivity contribution in [2.24, 2.45) is 0 Å². The molecule has 1 rings (SSSR count). The number of hydrogen-bond acceptors (Lipinski definition) is 1. The molecule has 1 heterocycles. The summed E-state index contributed by atoms with van der Waals surface area (Å²) in [6.07, 6.45) is 6.73. The number of rotatable bonds is 0. The van der Waals surface area contributed by atoms with Crippen LogP contribution in [0.5, 0.6) is 0 Å². The Labute approximate surface area is 54.7 Å². The third-order valence-corrected chi connectivity index (χ3v) is 0.972. The third kappa shape index (κ3) is 1.30. The molecule has 0 unspecified atom stereocenters. The first-order valence-corrected chi connectivity index (χ1v) is 2.57. The average molecular weight is 116 g/mol. The molecule has 0 fully saturated rings. The van der Waals surface area contributed by atoms with Gasteiger partial charge in [-0.25, -0.2) is 4.98 Å². The maximum Gasteiger partial charge on any atom is 0.113 e. The van der Waals surface area contributed by atoms with Crippen LogP contribution < -0.4 is 0 Å². The van der Waals surface area contributed by atoms with Crippen molar-refractivity contribution in [2.45, 2.75) is 0 Å². The minimum Gasteiger partial charge on any atom is -0.248 e. The Balaban J connectivity index is 3.12. The van der Waals surface area contributed by atoms with Gasteiger partial charge in [0.15, 0.2) is 0 Å². The van der Waals surface area contributed by atoms with Crippen LogP contribution in [-0.2, 0) is 0 Å². The Morgan fingerprint density at radius 3 is 2.89 bits per heavy atom. The molecule has 9 heavy (non-hydrogen) atoms. The highest BCUT2D eigenvalue weighted by atomic mass is 14.6. The van der Waals surface area contributed by atoms with Gasteiger partial charge in [0.2, 0.25) is 0 Å². The molecule has 0 aromatic carbocycles. The van der Waals surface area contributed by atoms with E-state index in [9.17, 15) is 0 Å². The van der Waals surface area contributed by atoms with E-state index >= 15 is 0 Å². The van der Waals surface area contributed by atoms with Crippen LogP contribution in [0.15, 0.2) is 18.3 Å². The molecule has 43 valence electrons. The fourth-order valence-electron chi connectivity index (χ4n) is 0.553. The number of pyridine rings is 1. The highest BCUT2D eigenvalue weighted by Crippen LogP contribution is 1.96. The largest absolute Gasteiger partial charge is 0.248 e. The van der Waals surface area contributed by atoms with E-state index in [4.69, 9.17) is 6.42 Å². The van der Waals surface area contributed by atoms with Crippen molar-refractivity contribution in [1.29, 1.82) is 0 Å². The van der Waals surface area contributed by atoms with Crippen LogP contribution in [0.25, 0.3) is 0 Å². The maximum atomic E-state index is 5.08. The summed E-state index contributed by atoms with van der Waals surface area (Å²) in [5.41, 5.74) is 1.54. The number of nitrogens with zero attached hydrogens (tertiary/aromatic N) is 1. The number of hydrogen-bond donors (Lipinski definition) is 0. The molecule has 0 atom stereocenters. The van der Waals surface area contributed by atoms with Crippen molar-refractivity contribution in [2.75, 3.05) is 0 Å². The van der Waals surface area contributed by atoms with Gasteiger partial charge in [-0.2, -0.15) is 0 Å². The molecule has 0 aliphatic carbocycles. The standard InChI is InChI=1S/C8H6N/c1-3-8-6-7(2)4-5-9-8/h1,4-6H,2H2. The first-order chi connectivity index (χ1) is 4.33. The lowest BCUT2D eigenvalue weighted by Gasteiger charge is -1.89. The van der Waals surface area contributed by atoms with Crippen LogP contribution in [0.4, 0.5) is 0 Å². The summed E-state index contributed by atoms with van der Waals surface area (Å²) in [7, 11) is 0. The molecule has 0 amide bonds. The maximum absolute atomic E-state index is 5.08. The minimum atomic E-state index is 0.641. The second kappa shape index (κ2) is 2.32. The second-order valence-electron chi connectivity index (χ2n) is 1.69. The van der Waals surface area contributed by atoms with E-state index in [-0.39, 0.29) is 0 Å². The van der Waals surface area contributed by atoms with Gasteiger partial charge in [-0.15, -0.1) is 6.42 Å². The quantitative estimate of drug-likeness (QED) is 0.465. The van der Waals surface area contributed by atoms with Crippen LogP contribution in [0.2, 0.25) is 0 Å². The molecule has 0 aliphatic heterocycles. The Hall–Kier alpha value is -1.29. The zero-order chi connectivity index (χ0) is 6.69. The second-order valence-corrected chi connectivity index (χ2v) is 1.69. The minimum absolute atomic E-state index is 0.641. The van der Waals surface area contributed by atoms with Crippen molar-refractivity contribution < 1.29 is 0 Å². The zero-order valence-electron chi connectivity index (χ0n) is 4.96. The first kappa shape index (κ1) is 5.84. The van der Waals surface area contributed by atoms with E-state index in [2.05, 4.69) is 17.8 Å². The monoisotopic (exact) mass is 116 g/mol. The van der Waals surface area contributed by atoms with Crippen LogP contribution >= 0.6 is 0 Å². The molecule has 1 radical (unpaired) electrons. The molecule has 0 saturated heterocycles. The van der Waals surface area contributed by atoms with Gasteiger partial charge in [0.05, 0.1) is 0 Å². The van der Waals surface area contributed by atoms with E-state index in [1.54, 1.807) is 18.3 Å². The highest BCUT2D eigenvalue weighted by molar-refractivity contribution is 5.29. The van der Waals surface area contributed by atoms with Gasteiger partial charge in [0.25, 0.3) is 0 Å². The summed E-state index contributed by atoms with van der Waals surface area (Å²) >= 11 is 0. The van der Waals surface area contributed by atoms with Crippen molar-refractivity contribution in [1.82, 2.24) is 4.98 Å².